The summed E-state index contributed by atoms with van der Waals surface area (Å²) in [7, 11) is 0. The Kier molecular flexibility index (Phi) is 5.74. The molecule has 20 heavy (non-hydrogen) atoms. The highest BCUT2D eigenvalue weighted by Gasteiger charge is 2.59. The Bertz CT molecular complexity index is 413. The summed E-state index contributed by atoms with van der Waals surface area (Å²) in [5.41, 5.74) is 0. The fourth-order valence-corrected chi connectivity index (χ4v) is 3.04. The van der Waals surface area contributed by atoms with Crippen molar-refractivity contribution in [3.8, 4) is 0 Å². The van der Waals surface area contributed by atoms with Crippen LogP contribution in [0.25, 0.3) is 0 Å². The first-order valence-corrected chi connectivity index (χ1v) is 6.86. The lowest BCUT2D eigenvalue weighted by atomic mass is 9.94. The van der Waals surface area contributed by atoms with E-state index in [9.17, 15) is 26.3 Å². The third kappa shape index (κ3) is 4.82. The molecular formula is C11H12ClF6NS. The lowest BCUT2D eigenvalue weighted by molar-refractivity contribution is -0.291. The molecule has 0 saturated carbocycles. The molecule has 1 rings (SSSR count). The number of hydrogen-bond acceptors (Lipinski definition) is 2. The molecule has 0 saturated heterocycles. The summed E-state index contributed by atoms with van der Waals surface area (Å²) in [4.78, 5) is 0.374. The summed E-state index contributed by atoms with van der Waals surface area (Å²) < 4.78 is 76.6. The fourth-order valence-electron chi connectivity index (χ4n) is 1.89. The van der Waals surface area contributed by atoms with Crippen LogP contribution in [0.15, 0.2) is 12.1 Å². The van der Waals surface area contributed by atoms with Gasteiger partial charge in [-0.05, 0) is 25.1 Å². The summed E-state index contributed by atoms with van der Waals surface area (Å²) in [6.45, 7) is 1.46. The Hall–Kier alpha value is -0.470. The highest BCUT2D eigenvalue weighted by atomic mass is 35.5. The van der Waals surface area contributed by atoms with Crippen molar-refractivity contribution < 1.29 is 26.3 Å². The second-order valence-corrected chi connectivity index (χ2v) is 5.93. The summed E-state index contributed by atoms with van der Waals surface area (Å²) in [5.74, 6) is -3.41. The van der Waals surface area contributed by atoms with Crippen LogP contribution in [0.5, 0.6) is 0 Å². The van der Waals surface area contributed by atoms with E-state index in [-0.39, 0.29) is 13.0 Å². The number of nitrogens with one attached hydrogen (secondary N) is 1. The Morgan fingerprint density at radius 1 is 1.15 bits per heavy atom. The standard InChI is InChI=1S/C11H12ClF6NS/c1-2-19-7(5-6-3-4-8(12)20-6)9(10(13,14)15)11(16,17)18/h3-4,7,9,19H,2,5H2,1H3. The van der Waals surface area contributed by atoms with Gasteiger partial charge in [0.05, 0.1) is 4.34 Å². The SMILES string of the molecule is CCNC(Cc1ccc(Cl)s1)C(C(F)(F)F)C(F)(F)F. The van der Waals surface area contributed by atoms with Gasteiger partial charge in [-0.3, -0.25) is 0 Å². The van der Waals surface area contributed by atoms with E-state index in [0.29, 0.717) is 9.21 Å². The smallest absolute Gasteiger partial charge is 0.313 e. The van der Waals surface area contributed by atoms with E-state index in [1.807, 2.05) is 0 Å². The van der Waals surface area contributed by atoms with Crippen molar-refractivity contribution in [2.45, 2.75) is 31.7 Å². The monoisotopic (exact) mass is 339 g/mol. The molecule has 0 amide bonds. The highest BCUT2D eigenvalue weighted by molar-refractivity contribution is 7.16. The number of halogens is 7. The van der Waals surface area contributed by atoms with E-state index in [2.05, 4.69) is 5.32 Å². The van der Waals surface area contributed by atoms with Crippen LogP contribution in [0.3, 0.4) is 0 Å². The van der Waals surface area contributed by atoms with Crippen LogP contribution in [-0.2, 0) is 6.42 Å². The third-order valence-electron chi connectivity index (χ3n) is 2.62. The van der Waals surface area contributed by atoms with E-state index in [1.165, 1.54) is 19.1 Å². The number of alkyl halides is 6. The van der Waals surface area contributed by atoms with Crippen LogP contribution >= 0.6 is 22.9 Å². The van der Waals surface area contributed by atoms with E-state index >= 15 is 0 Å². The van der Waals surface area contributed by atoms with Crippen molar-refractivity contribution in [3.05, 3.63) is 21.3 Å². The first-order chi connectivity index (χ1) is 9.05. The molecule has 1 aromatic heterocycles. The first kappa shape index (κ1) is 17.6. The van der Waals surface area contributed by atoms with Gasteiger partial charge in [0.2, 0.25) is 0 Å². The zero-order valence-corrected chi connectivity index (χ0v) is 11.9. The van der Waals surface area contributed by atoms with Crippen molar-refractivity contribution in [3.63, 3.8) is 0 Å². The Morgan fingerprint density at radius 3 is 2.05 bits per heavy atom. The molecule has 0 aliphatic rings. The predicted octanol–water partition coefficient (Wildman–Crippen LogP) is 4.66. The molecule has 9 heteroatoms. The summed E-state index contributed by atoms with van der Waals surface area (Å²) in [6, 6.07) is 1.11. The second-order valence-electron chi connectivity index (χ2n) is 4.14. The van der Waals surface area contributed by atoms with Crippen molar-refractivity contribution >= 4 is 22.9 Å². The largest absolute Gasteiger partial charge is 0.402 e. The zero-order valence-electron chi connectivity index (χ0n) is 10.3. The number of thiophene rings is 1. The quantitative estimate of drug-likeness (QED) is 0.769. The maximum atomic E-state index is 12.7. The van der Waals surface area contributed by atoms with Gasteiger partial charge in [0, 0.05) is 10.9 Å². The molecule has 1 heterocycles. The molecule has 1 N–H and O–H groups in total. The zero-order chi connectivity index (χ0) is 15.6. The van der Waals surface area contributed by atoms with Crippen molar-refractivity contribution in [1.29, 1.82) is 0 Å². The lowest BCUT2D eigenvalue weighted by Gasteiger charge is -2.31. The normalized spacial score (nSPS) is 14.8. The van der Waals surface area contributed by atoms with Crippen LogP contribution in [0.1, 0.15) is 11.8 Å². The van der Waals surface area contributed by atoms with Gasteiger partial charge in [0.25, 0.3) is 0 Å². The maximum Gasteiger partial charge on any atom is 0.402 e. The van der Waals surface area contributed by atoms with Crippen molar-refractivity contribution in [1.82, 2.24) is 5.32 Å². The average Bonchev–Trinajstić information content (AvgIpc) is 2.59. The van der Waals surface area contributed by atoms with Gasteiger partial charge in [-0.2, -0.15) is 26.3 Å². The molecule has 1 unspecified atom stereocenters. The first-order valence-electron chi connectivity index (χ1n) is 5.66. The lowest BCUT2D eigenvalue weighted by Crippen LogP contribution is -2.51. The minimum atomic E-state index is -5.36. The minimum absolute atomic E-state index is 0.00638. The van der Waals surface area contributed by atoms with Gasteiger partial charge < -0.3 is 5.32 Å². The van der Waals surface area contributed by atoms with E-state index < -0.39 is 24.3 Å². The molecule has 0 radical (unpaired) electrons. The van der Waals surface area contributed by atoms with E-state index in [4.69, 9.17) is 11.6 Å². The van der Waals surface area contributed by atoms with Crippen LogP contribution < -0.4 is 5.32 Å². The molecule has 0 spiro atoms. The topological polar surface area (TPSA) is 12.0 Å². The molecule has 0 aliphatic carbocycles. The molecular weight excluding hydrogens is 328 g/mol. The molecule has 0 bridgehead atoms. The summed E-state index contributed by atoms with van der Waals surface area (Å²) in [5, 5.41) is 2.28. The van der Waals surface area contributed by atoms with Gasteiger partial charge in [-0.1, -0.05) is 18.5 Å². The third-order valence-corrected chi connectivity index (χ3v) is 3.88. The maximum absolute atomic E-state index is 12.7. The van der Waals surface area contributed by atoms with Crippen LogP contribution in [0, 0.1) is 5.92 Å². The van der Waals surface area contributed by atoms with E-state index in [0.717, 1.165) is 11.3 Å². The molecule has 0 fully saturated rings. The molecule has 116 valence electrons. The fraction of sp³-hybridized carbons (Fsp3) is 0.636. The highest BCUT2D eigenvalue weighted by Crippen LogP contribution is 2.42. The summed E-state index contributed by atoms with van der Waals surface area (Å²) in [6.07, 6.45) is -11.1. The Labute approximate surface area is 120 Å². The minimum Gasteiger partial charge on any atom is -0.313 e. The molecule has 0 aliphatic heterocycles. The van der Waals surface area contributed by atoms with Crippen molar-refractivity contribution in [2.24, 2.45) is 5.92 Å². The number of rotatable bonds is 5. The van der Waals surface area contributed by atoms with Gasteiger partial charge in [0.1, 0.15) is 0 Å². The second kappa shape index (κ2) is 6.53. The molecule has 1 atom stereocenters. The number of likely N-dealkylation sites (N-methyl/N-ethyl adjacent to an activating group) is 1. The Morgan fingerprint density at radius 2 is 1.70 bits per heavy atom. The van der Waals surface area contributed by atoms with Gasteiger partial charge >= 0.3 is 12.4 Å². The van der Waals surface area contributed by atoms with Gasteiger partial charge in [0.15, 0.2) is 5.92 Å². The van der Waals surface area contributed by atoms with Crippen LogP contribution in [0.4, 0.5) is 26.3 Å². The average molecular weight is 340 g/mol. The predicted molar refractivity (Wildman–Crippen MR) is 66.1 cm³/mol. The summed E-state index contributed by atoms with van der Waals surface area (Å²) >= 11 is 6.61. The van der Waals surface area contributed by atoms with E-state index in [1.54, 1.807) is 0 Å². The van der Waals surface area contributed by atoms with Crippen LogP contribution in [-0.4, -0.2) is 24.9 Å². The molecule has 1 aromatic rings. The van der Waals surface area contributed by atoms with Crippen molar-refractivity contribution in [2.75, 3.05) is 6.54 Å². The molecule has 1 nitrogen and oxygen atoms in total. The number of hydrogen-bond donors (Lipinski definition) is 1. The van der Waals surface area contributed by atoms with Crippen LogP contribution in [0.2, 0.25) is 4.34 Å². The van der Waals surface area contributed by atoms with Gasteiger partial charge in [-0.25, -0.2) is 0 Å². The molecule has 0 aromatic carbocycles. The Balaban J connectivity index is 3.02. The van der Waals surface area contributed by atoms with Gasteiger partial charge in [-0.15, -0.1) is 11.3 Å².